The van der Waals surface area contributed by atoms with Crippen molar-refractivity contribution in [1.82, 2.24) is 0 Å². The van der Waals surface area contributed by atoms with E-state index < -0.39 is 0 Å². The Bertz CT molecular complexity index is 1960. The minimum Gasteiger partial charge on any atom is -1.00 e. The van der Waals surface area contributed by atoms with Crippen molar-refractivity contribution in [1.29, 1.82) is 0 Å². The van der Waals surface area contributed by atoms with Crippen LogP contribution in [0.4, 0.5) is 0 Å². The van der Waals surface area contributed by atoms with Crippen LogP contribution < -0.4 is 24.8 Å². The maximum absolute atomic E-state index is 3.34. The minimum atomic E-state index is 0. The van der Waals surface area contributed by atoms with Crippen LogP contribution in [0.2, 0.25) is 0 Å². The molecule has 4 heteroatoms. The molecule has 0 heterocycles. The molecule has 8 aromatic rings. The Balaban J connectivity index is 0.000000371. The monoisotopic (exact) mass is 962 g/mol. The largest absolute Gasteiger partial charge is 1.00 e. The molecule has 0 bridgehead atoms. The van der Waals surface area contributed by atoms with Crippen LogP contribution in [0.25, 0.3) is 43.1 Å². The predicted molar refractivity (Wildman–Crippen MR) is 247 cm³/mol. The van der Waals surface area contributed by atoms with E-state index in [0.717, 1.165) is 0 Å². The average molecular weight is 966 g/mol. The first kappa shape index (κ1) is 53.4. The van der Waals surface area contributed by atoms with Gasteiger partial charge in [0.25, 0.3) is 0 Å². The second-order valence-corrected chi connectivity index (χ2v) is 14.7. The molecule has 0 aliphatic carbocycles. The molecule has 0 amide bonds. The first-order valence-electron chi connectivity index (χ1n) is 20.6. The Labute approximate surface area is 393 Å². The smallest absolute Gasteiger partial charge is 1.00 e. The number of hydrogen-bond donors (Lipinski definition) is 0. The topological polar surface area (TPSA) is 0 Å². The van der Waals surface area contributed by atoms with Gasteiger partial charge in [-0.3, -0.25) is 0 Å². The van der Waals surface area contributed by atoms with Crippen LogP contribution >= 0.6 is 0 Å². The van der Waals surface area contributed by atoms with Gasteiger partial charge in [-0.15, -0.1) is 164 Å². The zero-order valence-electron chi connectivity index (χ0n) is 36.2. The van der Waals surface area contributed by atoms with E-state index in [0.29, 0.717) is 23.7 Å². The van der Waals surface area contributed by atoms with Crippen LogP contribution in [-0.2, 0) is 48.5 Å². The van der Waals surface area contributed by atoms with Crippen molar-refractivity contribution in [2.75, 3.05) is 0 Å². The first-order chi connectivity index (χ1) is 27.3. The fourth-order valence-electron chi connectivity index (χ4n) is 7.30. The molecule has 8 rings (SSSR count). The molecule has 0 aliphatic rings. The minimum absolute atomic E-state index is 0. The molecule has 0 radical (unpaired) electrons. The van der Waals surface area contributed by atoms with E-state index in [9.17, 15) is 0 Å². The van der Waals surface area contributed by atoms with E-state index in [-0.39, 0.29) is 24.8 Å². The molecule has 304 valence electrons. The summed E-state index contributed by atoms with van der Waals surface area (Å²) in [5.74, 6) is 2.72. The van der Waals surface area contributed by atoms with E-state index in [1.807, 2.05) is 0 Å². The van der Waals surface area contributed by atoms with Gasteiger partial charge in [0, 0.05) is 0 Å². The summed E-state index contributed by atoms with van der Waals surface area (Å²) in [6.45, 7) is 18.1. The maximum atomic E-state index is 3.34. The molecule has 0 spiro atoms. The average Bonchev–Trinajstić information content (AvgIpc) is 4.09. The third kappa shape index (κ3) is 14.3. The fourth-order valence-corrected chi connectivity index (χ4v) is 7.30. The standard InChI is InChI=1S/4C13H15.2CH2.2ClH.2Zr/c4*1-3-10(2)12-9-8-11-6-4-5-7-13(11)12;;;;;;/h4*4-10H,3H2,1-2H3;2*1H2;2*1H;;/q4*-1;;;;;2*+2/p-2. The van der Waals surface area contributed by atoms with Gasteiger partial charge in [-0.25, -0.2) is 0 Å². The Morgan fingerprint density at radius 2 is 0.534 bits per heavy atom. The van der Waals surface area contributed by atoms with Crippen molar-refractivity contribution in [3.63, 3.8) is 0 Å². The van der Waals surface area contributed by atoms with Gasteiger partial charge in [0.15, 0.2) is 0 Å². The van der Waals surface area contributed by atoms with Gasteiger partial charge < -0.3 is 24.8 Å². The van der Waals surface area contributed by atoms with Gasteiger partial charge >= 0.3 is 56.9 Å². The van der Waals surface area contributed by atoms with Gasteiger partial charge in [-0.05, 0) is 0 Å². The number of benzene rings is 4. The molecule has 0 saturated carbocycles. The molecule has 4 atom stereocenters. The Morgan fingerprint density at radius 1 is 0.362 bits per heavy atom. The second-order valence-electron chi connectivity index (χ2n) is 14.7. The summed E-state index contributed by atoms with van der Waals surface area (Å²) in [5, 5.41) is 11.2. The van der Waals surface area contributed by atoms with Gasteiger partial charge in [0.05, 0.1) is 0 Å². The molecule has 0 nitrogen and oxygen atoms in total. The van der Waals surface area contributed by atoms with E-state index in [4.69, 9.17) is 0 Å². The number of hydrogen-bond acceptors (Lipinski definition) is 0. The predicted octanol–water partition coefficient (Wildman–Crippen LogP) is 10.2. The van der Waals surface area contributed by atoms with Gasteiger partial charge in [0.1, 0.15) is 0 Å². The SMILES string of the molecule is CCC(C)c1c[cH-]c2ccccc12.CCC(C)c1c[cH-]c2ccccc12.CCC(C)c1c[cH-]c2ccccc12.CCC(C)c1c[cH-]c2ccccc12.[CH2]=[Zr+2].[CH2]=[Zr+2].[Cl-].[Cl-]. The summed E-state index contributed by atoms with van der Waals surface area (Å²) in [6.07, 6.45) is 4.87. The van der Waals surface area contributed by atoms with Crippen molar-refractivity contribution < 1.29 is 73.3 Å². The molecular weight excluding hydrogens is 902 g/mol. The summed E-state index contributed by atoms with van der Waals surface area (Å²) < 4.78 is 6.68. The van der Waals surface area contributed by atoms with E-state index in [1.54, 1.807) is 0 Å². The third-order valence-electron chi connectivity index (χ3n) is 11.4. The van der Waals surface area contributed by atoms with Crippen LogP contribution in [0, 0.1) is 0 Å². The third-order valence-corrected chi connectivity index (χ3v) is 11.4. The molecule has 0 N–H and O–H groups in total. The number of halogens is 2. The summed E-state index contributed by atoms with van der Waals surface area (Å²) in [6, 6.07) is 52.4. The summed E-state index contributed by atoms with van der Waals surface area (Å²) >= 11 is 2.60. The number of rotatable bonds is 8. The molecule has 0 saturated heterocycles. The first-order valence-corrected chi connectivity index (χ1v) is 24.1. The maximum Gasteiger partial charge on any atom is -1.00 e. The number of fused-ring (bicyclic) bond motifs is 4. The van der Waals surface area contributed by atoms with Gasteiger partial charge in [0.2, 0.25) is 0 Å². The quantitative estimate of drug-likeness (QED) is 0.133. The van der Waals surface area contributed by atoms with E-state index in [1.165, 1.54) is 139 Å². The molecule has 0 aromatic heterocycles. The van der Waals surface area contributed by atoms with E-state index in [2.05, 4.69) is 209 Å². The van der Waals surface area contributed by atoms with Crippen molar-refractivity contribution in [3.05, 3.63) is 168 Å². The normalized spacial score (nSPS) is 12.2. The summed E-state index contributed by atoms with van der Waals surface area (Å²) in [4.78, 5) is 0. The molecule has 58 heavy (non-hydrogen) atoms. The Hall–Kier alpha value is -2.59. The van der Waals surface area contributed by atoms with Crippen molar-refractivity contribution in [2.45, 2.75) is 105 Å². The molecule has 8 aromatic carbocycles. The zero-order valence-corrected chi connectivity index (χ0v) is 42.6. The van der Waals surface area contributed by atoms with Crippen molar-refractivity contribution in [2.24, 2.45) is 0 Å². The summed E-state index contributed by atoms with van der Waals surface area (Å²) in [7, 11) is 0. The van der Waals surface area contributed by atoms with Crippen LogP contribution in [0.1, 0.15) is 127 Å². The van der Waals surface area contributed by atoms with Crippen LogP contribution in [-0.4, -0.2) is 8.42 Å². The van der Waals surface area contributed by atoms with E-state index >= 15 is 0 Å². The Kier molecular flexibility index (Phi) is 26.5. The molecule has 0 fully saturated rings. The van der Waals surface area contributed by atoms with Crippen LogP contribution in [0.15, 0.2) is 146 Å². The summed E-state index contributed by atoms with van der Waals surface area (Å²) in [5.41, 5.74) is 5.99. The fraction of sp³-hybridized carbons (Fsp3) is 0.296. The zero-order chi connectivity index (χ0) is 41.0. The Morgan fingerprint density at radius 3 is 0.707 bits per heavy atom. The van der Waals surface area contributed by atoms with Crippen molar-refractivity contribution >= 4 is 51.5 Å². The van der Waals surface area contributed by atoms with Crippen LogP contribution in [0.5, 0.6) is 0 Å². The van der Waals surface area contributed by atoms with Gasteiger partial charge in [-0.1, -0.05) is 129 Å². The molecule has 4 unspecified atom stereocenters. The molecule has 0 aliphatic heterocycles. The molecular formula is C54H64Cl2Zr2-2. The van der Waals surface area contributed by atoms with Crippen molar-refractivity contribution in [3.8, 4) is 0 Å². The van der Waals surface area contributed by atoms with Gasteiger partial charge in [-0.2, -0.15) is 22.3 Å². The van der Waals surface area contributed by atoms with Crippen LogP contribution in [0.3, 0.4) is 0 Å². The second kappa shape index (κ2) is 28.8.